The van der Waals surface area contributed by atoms with Crippen LogP contribution in [0, 0.1) is 17.1 Å². The zero-order valence-corrected chi connectivity index (χ0v) is 25.5. The molecule has 2 aromatic heterocycles. The van der Waals surface area contributed by atoms with Crippen LogP contribution in [0.5, 0.6) is 0 Å². The lowest BCUT2D eigenvalue weighted by molar-refractivity contribution is 0.326. The van der Waals surface area contributed by atoms with E-state index in [9.17, 15) is 11.0 Å². The molecule has 2 N–H and O–H groups in total. The first-order chi connectivity index (χ1) is 22.4. The molecule has 1 aliphatic heterocycles. The second-order valence-electron chi connectivity index (χ2n) is 11.8. The Balaban J connectivity index is 1.29. The molecule has 3 aromatic carbocycles. The Kier molecular flexibility index (Phi) is 7.98. The van der Waals surface area contributed by atoms with Crippen molar-refractivity contribution < 1.29 is 5.76 Å². The van der Waals surface area contributed by atoms with E-state index in [4.69, 9.17) is 11.6 Å². The lowest BCUT2D eigenvalue weighted by Crippen LogP contribution is -2.24. The van der Waals surface area contributed by atoms with Gasteiger partial charge < -0.3 is 15.5 Å². The number of nitrogens with one attached hydrogen (secondary N) is 2. The maximum Gasteiger partial charge on any atom is 0.123 e. The number of aromatic nitrogens is 4. The molecule has 45 heavy (non-hydrogen) atoms. The third kappa shape index (κ3) is 6.48. The molecule has 1 aliphatic carbocycles. The highest BCUT2D eigenvalue weighted by molar-refractivity contribution is 6.35. The third-order valence-electron chi connectivity index (χ3n) is 8.59. The fourth-order valence-electron chi connectivity index (χ4n) is 6.03. The predicted octanol–water partition coefficient (Wildman–Crippen LogP) is 7.67. The molecule has 5 aromatic rings. The largest absolute Gasteiger partial charge is 0.377 e. The standard InChI is InChI=1S/C35H34ClFN8/c36-30-19-27(40-34(24-8-10-26(37)11-9-24)32-22-45(43-42-32)28-12-13-28)18-29-33(25(20-38)21-39-35(29)30)41-31(23-6-2-1-3-7-23)14-17-44-15-4-5-16-44/h1-3,6-11,18-19,21-22,28,31,34,40H,4-5,12-17H2,(H,39,41)/t31-,34?/m1/s1/i34D. The summed E-state index contributed by atoms with van der Waals surface area (Å²) < 4.78 is 25.4. The normalized spacial score (nSPS) is 17.4. The van der Waals surface area contributed by atoms with Crippen molar-refractivity contribution in [3.05, 3.63) is 112 Å². The van der Waals surface area contributed by atoms with Crippen LogP contribution in [0.15, 0.2) is 79.1 Å². The van der Waals surface area contributed by atoms with E-state index >= 15 is 0 Å². The molecule has 2 atom stereocenters. The highest BCUT2D eigenvalue weighted by atomic mass is 35.5. The number of benzene rings is 3. The maximum atomic E-state index is 14.0. The number of rotatable bonds is 11. The molecule has 8 nitrogen and oxygen atoms in total. The highest BCUT2D eigenvalue weighted by Crippen LogP contribution is 2.38. The van der Waals surface area contributed by atoms with E-state index in [0.717, 1.165) is 44.5 Å². The fourth-order valence-corrected chi connectivity index (χ4v) is 6.29. The summed E-state index contributed by atoms with van der Waals surface area (Å²) >= 11 is 6.86. The van der Waals surface area contributed by atoms with Gasteiger partial charge in [-0.25, -0.2) is 9.07 Å². The zero-order valence-electron chi connectivity index (χ0n) is 25.8. The molecule has 1 saturated heterocycles. The average Bonchev–Trinajstić information content (AvgIpc) is 3.54. The Morgan fingerprint density at radius 3 is 2.56 bits per heavy atom. The van der Waals surface area contributed by atoms with Crippen LogP contribution >= 0.6 is 11.6 Å². The maximum absolute atomic E-state index is 14.0. The van der Waals surface area contributed by atoms with Crippen LogP contribution in [0.3, 0.4) is 0 Å². The number of hydrogen-bond donors (Lipinski definition) is 2. The van der Waals surface area contributed by atoms with Crippen LogP contribution in [0.25, 0.3) is 10.9 Å². The molecule has 2 aliphatic rings. The number of fused-ring (bicyclic) bond motifs is 1. The van der Waals surface area contributed by atoms with E-state index in [0.29, 0.717) is 44.1 Å². The zero-order chi connectivity index (χ0) is 31.7. The van der Waals surface area contributed by atoms with Crippen molar-refractivity contribution in [3.63, 3.8) is 0 Å². The summed E-state index contributed by atoms with van der Waals surface area (Å²) in [5.74, 6) is -0.398. The van der Waals surface area contributed by atoms with Gasteiger partial charge in [0.25, 0.3) is 0 Å². The van der Waals surface area contributed by atoms with Crippen LogP contribution < -0.4 is 10.6 Å². The Labute approximate surface area is 268 Å². The minimum absolute atomic E-state index is 0.0677. The molecule has 1 unspecified atom stereocenters. The van der Waals surface area contributed by atoms with Gasteiger partial charge in [-0.3, -0.25) is 4.98 Å². The molecule has 3 heterocycles. The Morgan fingerprint density at radius 2 is 1.82 bits per heavy atom. The van der Waals surface area contributed by atoms with Gasteiger partial charge in [0.2, 0.25) is 0 Å². The predicted molar refractivity (Wildman–Crippen MR) is 175 cm³/mol. The first-order valence-corrected chi connectivity index (χ1v) is 15.8. The summed E-state index contributed by atoms with van der Waals surface area (Å²) in [6.07, 6.45) is 8.65. The number of hydrogen-bond acceptors (Lipinski definition) is 7. The van der Waals surface area contributed by atoms with E-state index in [1.54, 1.807) is 35.3 Å². The summed E-state index contributed by atoms with van der Waals surface area (Å²) in [5, 5.41) is 26.9. The summed E-state index contributed by atoms with van der Waals surface area (Å²) in [7, 11) is 0. The molecular formula is C35H34ClFN8. The summed E-state index contributed by atoms with van der Waals surface area (Å²) in [4.78, 5) is 7.03. The van der Waals surface area contributed by atoms with E-state index in [2.05, 4.69) is 49.0 Å². The second-order valence-corrected chi connectivity index (χ2v) is 12.2. The second kappa shape index (κ2) is 12.8. The Morgan fingerprint density at radius 1 is 1.04 bits per heavy atom. The molecular weight excluding hydrogens is 587 g/mol. The van der Waals surface area contributed by atoms with Crippen LogP contribution in [0.4, 0.5) is 15.8 Å². The van der Waals surface area contributed by atoms with Gasteiger partial charge in [-0.05, 0) is 80.6 Å². The molecule has 1 saturated carbocycles. The molecule has 2 fully saturated rings. The topological polar surface area (TPSA) is 94.7 Å². The minimum atomic E-state index is -1.62. The number of likely N-dealkylation sites (tertiary alicyclic amines) is 1. The van der Waals surface area contributed by atoms with Crippen molar-refractivity contribution in [2.75, 3.05) is 30.3 Å². The summed E-state index contributed by atoms with van der Waals surface area (Å²) in [6, 6.07) is 20.5. The molecule has 10 heteroatoms. The van der Waals surface area contributed by atoms with Gasteiger partial charge in [-0.15, -0.1) is 5.10 Å². The fraction of sp³-hybridized carbons (Fsp3) is 0.314. The van der Waals surface area contributed by atoms with E-state index in [-0.39, 0.29) is 12.1 Å². The van der Waals surface area contributed by atoms with Gasteiger partial charge in [-0.2, -0.15) is 5.26 Å². The van der Waals surface area contributed by atoms with Gasteiger partial charge in [0, 0.05) is 23.8 Å². The van der Waals surface area contributed by atoms with E-state index in [1.807, 2.05) is 24.3 Å². The number of halogens is 2. The number of pyridine rings is 1. The van der Waals surface area contributed by atoms with Crippen molar-refractivity contribution in [3.8, 4) is 6.07 Å². The van der Waals surface area contributed by atoms with Crippen molar-refractivity contribution in [2.45, 2.75) is 50.2 Å². The number of nitrogens with zero attached hydrogens (tertiary/aromatic N) is 6. The van der Waals surface area contributed by atoms with Crippen LogP contribution in [0.1, 0.15) is 74.0 Å². The van der Waals surface area contributed by atoms with Crippen LogP contribution in [-0.2, 0) is 0 Å². The quantitative estimate of drug-likeness (QED) is 0.156. The van der Waals surface area contributed by atoms with Crippen LogP contribution in [-0.4, -0.2) is 44.5 Å². The van der Waals surface area contributed by atoms with Crippen molar-refractivity contribution in [2.24, 2.45) is 0 Å². The van der Waals surface area contributed by atoms with E-state index in [1.165, 1.54) is 25.0 Å². The number of anilines is 2. The number of nitriles is 1. The first kappa shape index (κ1) is 28.0. The smallest absolute Gasteiger partial charge is 0.123 e. The molecule has 7 rings (SSSR count). The Bertz CT molecular complexity index is 1880. The molecule has 0 bridgehead atoms. The molecule has 0 amide bonds. The third-order valence-corrected chi connectivity index (χ3v) is 8.88. The average molecular weight is 622 g/mol. The SMILES string of the molecule is [2H]C(Nc1cc(Cl)c2ncc(C#N)c(N[C@H](CCN3CCCC3)c3ccccc3)c2c1)(c1ccc(F)cc1)c1cn(C2CC2)nn1. The Hall–Kier alpha value is -4.52. The highest BCUT2D eigenvalue weighted by Gasteiger charge is 2.27. The van der Waals surface area contributed by atoms with Gasteiger partial charge in [0.15, 0.2) is 0 Å². The van der Waals surface area contributed by atoms with Crippen molar-refractivity contribution in [1.29, 1.82) is 5.26 Å². The minimum Gasteiger partial charge on any atom is -0.377 e. The van der Waals surface area contributed by atoms with Gasteiger partial charge in [-0.1, -0.05) is 59.3 Å². The van der Waals surface area contributed by atoms with Crippen LogP contribution in [0.2, 0.25) is 5.02 Å². The molecule has 228 valence electrons. The lowest BCUT2D eigenvalue weighted by atomic mass is 10.0. The monoisotopic (exact) mass is 621 g/mol. The van der Waals surface area contributed by atoms with E-state index < -0.39 is 11.8 Å². The lowest BCUT2D eigenvalue weighted by Gasteiger charge is -2.25. The van der Waals surface area contributed by atoms with Crippen molar-refractivity contribution in [1.82, 2.24) is 24.9 Å². The molecule has 0 radical (unpaired) electrons. The molecule has 0 spiro atoms. The van der Waals surface area contributed by atoms with Gasteiger partial charge in [0.1, 0.15) is 17.6 Å². The summed E-state index contributed by atoms with van der Waals surface area (Å²) in [5.41, 5.74) is 4.06. The van der Waals surface area contributed by atoms with Gasteiger partial charge in [0.05, 0.1) is 47.5 Å². The summed E-state index contributed by atoms with van der Waals surface area (Å²) in [6.45, 7) is 3.14. The first-order valence-electron chi connectivity index (χ1n) is 15.9. The van der Waals surface area contributed by atoms with Gasteiger partial charge >= 0.3 is 0 Å². The van der Waals surface area contributed by atoms with Crippen molar-refractivity contribution >= 4 is 33.9 Å².